The Labute approximate surface area is 96.4 Å². The van der Waals surface area contributed by atoms with Crippen molar-refractivity contribution in [3.8, 4) is 11.4 Å². The molecule has 16 heavy (non-hydrogen) atoms. The summed E-state index contributed by atoms with van der Waals surface area (Å²) in [6, 6.07) is 10.2. The summed E-state index contributed by atoms with van der Waals surface area (Å²) in [7, 11) is 0. The van der Waals surface area contributed by atoms with E-state index in [2.05, 4.69) is 42.0 Å². The molecule has 2 nitrogen and oxygen atoms in total. The highest BCUT2D eigenvalue weighted by molar-refractivity contribution is 5.60. The average Bonchev–Trinajstić information content (AvgIpc) is 2.29. The zero-order chi connectivity index (χ0) is 11.5. The third-order valence-corrected chi connectivity index (χ3v) is 2.62. The second-order valence-electron chi connectivity index (χ2n) is 4.26. The van der Waals surface area contributed by atoms with Gasteiger partial charge in [0.1, 0.15) is 0 Å². The normalized spacial score (nSPS) is 10.8. The van der Waals surface area contributed by atoms with Crippen LogP contribution in [0.1, 0.15) is 31.0 Å². The van der Waals surface area contributed by atoms with Crippen molar-refractivity contribution in [2.75, 3.05) is 0 Å². The number of aromatic nitrogens is 2. The molecular formula is C14H16N2. The fourth-order valence-electron chi connectivity index (χ4n) is 1.78. The maximum Gasteiger partial charge on any atom is 0.159 e. The van der Waals surface area contributed by atoms with Crippen molar-refractivity contribution in [2.45, 2.75) is 26.7 Å². The Hall–Kier alpha value is -1.70. The first-order chi connectivity index (χ1) is 7.68. The lowest BCUT2D eigenvalue weighted by Gasteiger charge is -2.11. The lowest BCUT2D eigenvalue weighted by atomic mass is 9.97. The van der Waals surface area contributed by atoms with Crippen LogP contribution in [0.5, 0.6) is 0 Å². The smallest absolute Gasteiger partial charge is 0.159 e. The molecule has 2 aromatic rings. The highest BCUT2D eigenvalue weighted by atomic mass is 14.9. The van der Waals surface area contributed by atoms with E-state index in [1.807, 2.05) is 25.3 Å². The molecule has 0 unspecified atom stereocenters. The molecular weight excluding hydrogens is 196 g/mol. The number of nitrogens with zero attached hydrogens (tertiary/aromatic N) is 2. The van der Waals surface area contributed by atoms with Gasteiger partial charge in [-0.3, -0.25) is 0 Å². The van der Waals surface area contributed by atoms with Crippen LogP contribution in [0.4, 0.5) is 0 Å². The van der Waals surface area contributed by atoms with E-state index >= 15 is 0 Å². The third kappa shape index (κ3) is 2.11. The summed E-state index contributed by atoms with van der Waals surface area (Å²) in [6.07, 6.45) is 1.81. The minimum absolute atomic E-state index is 0.486. The van der Waals surface area contributed by atoms with Gasteiger partial charge < -0.3 is 0 Å². The molecule has 0 bridgehead atoms. The summed E-state index contributed by atoms with van der Waals surface area (Å²) < 4.78 is 0. The number of hydrogen-bond donors (Lipinski definition) is 0. The van der Waals surface area contributed by atoms with Gasteiger partial charge in [0.2, 0.25) is 0 Å². The van der Waals surface area contributed by atoms with E-state index in [-0.39, 0.29) is 0 Å². The lowest BCUT2D eigenvalue weighted by Crippen LogP contribution is -1.96. The minimum Gasteiger partial charge on any atom is -0.237 e. The predicted molar refractivity (Wildman–Crippen MR) is 66.3 cm³/mol. The maximum absolute atomic E-state index is 4.48. The van der Waals surface area contributed by atoms with E-state index in [1.165, 1.54) is 5.56 Å². The van der Waals surface area contributed by atoms with Gasteiger partial charge in [-0.05, 0) is 24.5 Å². The van der Waals surface area contributed by atoms with Crippen molar-refractivity contribution in [1.29, 1.82) is 0 Å². The van der Waals surface area contributed by atoms with Gasteiger partial charge in [0, 0.05) is 17.5 Å². The standard InChI is InChI=1S/C14H16N2/c1-10(2)12-6-4-5-7-13(12)14-15-9-8-11(3)16-14/h4-10H,1-3H3. The molecule has 0 N–H and O–H groups in total. The van der Waals surface area contributed by atoms with E-state index in [9.17, 15) is 0 Å². The van der Waals surface area contributed by atoms with Crippen molar-refractivity contribution in [2.24, 2.45) is 0 Å². The Bertz CT molecular complexity index is 490. The summed E-state index contributed by atoms with van der Waals surface area (Å²) >= 11 is 0. The summed E-state index contributed by atoms with van der Waals surface area (Å²) in [5.74, 6) is 1.31. The summed E-state index contributed by atoms with van der Waals surface area (Å²) in [5, 5.41) is 0. The van der Waals surface area contributed by atoms with Gasteiger partial charge in [-0.15, -0.1) is 0 Å². The van der Waals surface area contributed by atoms with Crippen LogP contribution in [-0.2, 0) is 0 Å². The predicted octanol–water partition coefficient (Wildman–Crippen LogP) is 3.58. The van der Waals surface area contributed by atoms with Crippen molar-refractivity contribution >= 4 is 0 Å². The first-order valence-corrected chi connectivity index (χ1v) is 5.57. The van der Waals surface area contributed by atoms with Crippen molar-refractivity contribution in [3.05, 3.63) is 47.8 Å². The fourth-order valence-corrected chi connectivity index (χ4v) is 1.78. The summed E-state index contributed by atoms with van der Waals surface area (Å²) in [4.78, 5) is 8.82. The van der Waals surface area contributed by atoms with Crippen LogP contribution in [0.25, 0.3) is 11.4 Å². The van der Waals surface area contributed by atoms with Gasteiger partial charge in [0.05, 0.1) is 0 Å². The maximum atomic E-state index is 4.48. The van der Waals surface area contributed by atoms with Crippen LogP contribution in [0, 0.1) is 6.92 Å². The highest BCUT2D eigenvalue weighted by Crippen LogP contribution is 2.26. The summed E-state index contributed by atoms with van der Waals surface area (Å²) in [6.45, 7) is 6.37. The Balaban J connectivity index is 2.55. The minimum atomic E-state index is 0.486. The second kappa shape index (κ2) is 4.44. The molecule has 0 saturated carbocycles. The molecule has 2 rings (SSSR count). The van der Waals surface area contributed by atoms with Crippen molar-refractivity contribution < 1.29 is 0 Å². The quantitative estimate of drug-likeness (QED) is 0.760. The number of aryl methyl sites for hydroxylation is 1. The third-order valence-electron chi connectivity index (χ3n) is 2.62. The Morgan fingerprint density at radius 3 is 2.50 bits per heavy atom. The van der Waals surface area contributed by atoms with Gasteiger partial charge in [0.15, 0.2) is 5.82 Å². The molecule has 0 fully saturated rings. The first-order valence-electron chi connectivity index (χ1n) is 5.57. The Morgan fingerprint density at radius 2 is 1.81 bits per heavy atom. The first kappa shape index (κ1) is 10.8. The number of rotatable bonds is 2. The molecule has 0 atom stereocenters. The van der Waals surface area contributed by atoms with Gasteiger partial charge in [-0.2, -0.15) is 0 Å². The Morgan fingerprint density at radius 1 is 1.06 bits per heavy atom. The monoisotopic (exact) mass is 212 g/mol. The van der Waals surface area contributed by atoms with Crippen LogP contribution in [0.2, 0.25) is 0 Å². The second-order valence-corrected chi connectivity index (χ2v) is 4.26. The van der Waals surface area contributed by atoms with E-state index in [0.717, 1.165) is 17.1 Å². The van der Waals surface area contributed by atoms with E-state index in [1.54, 1.807) is 0 Å². The van der Waals surface area contributed by atoms with Crippen LogP contribution in [0.3, 0.4) is 0 Å². The number of benzene rings is 1. The van der Waals surface area contributed by atoms with Gasteiger partial charge >= 0.3 is 0 Å². The van der Waals surface area contributed by atoms with E-state index < -0.39 is 0 Å². The van der Waals surface area contributed by atoms with Gasteiger partial charge in [0.25, 0.3) is 0 Å². The molecule has 0 spiro atoms. The zero-order valence-corrected chi connectivity index (χ0v) is 9.94. The molecule has 0 amide bonds. The molecule has 82 valence electrons. The van der Waals surface area contributed by atoms with E-state index in [0.29, 0.717) is 5.92 Å². The summed E-state index contributed by atoms with van der Waals surface area (Å²) in [5.41, 5.74) is 3.44. The molecule has 0 aliphatic rings. The molecule has 1 aromatic heterocycles. The molecule has 0 aliphatic heterocycles. The van der Waals surface area contributed by atoms with Crippen molar-refractivity contribution in [3.63, 3.8) is 0 Å². The molecule has 2 heteroatoms. The van der Waals surface area contributed by atoms with Crippen LogP contribution >= 0.6 is 0 Å². The molecule has 0 saturated heterocycles. The molecule has 1 aromatic carbocycles. The van der Waals surface area contributed by atoms with Crippen LogP contribution in [-0.4, -0.2) is 9.97 Å². The lowest BCUT2D eigenvalue weighted by molar-refractivity contribution is 0.866. The van der Waals surface area contributed by atoms with Gasteiger partial charge in [-0.25, -0.2) is 9.97 Å². The van der Waals surface area contributed by atoms with Crippen LogP contribution in [0.15, 0.2) is 36.5 Å². The van der Waals surface area contributed by atoms with E-state index in [4.69, 9.17) is 0 Å². The van der Waals surface area contributed by atoms with Crippen LogP contribution < -0.4 is 0 Å². The SMILES string of the molecule is Cc1ccnc(-c2ccccc2C(C)C)n1. The topological polar surface area (TPSA) is 25.8 Å². The molecule has 1 heterocycles. The highest BCUT2D eigenvalue weighted by Gasteiger charge is 2.09. The molecule has 0 radical (unpaired) electrons. The number of hydrogen-bond acceptors (Lipinski definition) is 2. The largest absolute Gasteiger partial charge is 0.237 e. The fraction of sp³-hybridized carbons (Fsp3) is 0.286. The average molecular weight is 212 g/mol. The van der Waals surface area contributed by atoms with Gasteiger partial charge in [-0.1, -0.05) is 38.1 Å². The Kier molecular flexibility index (Phi) is 3.00. The molecule has 0 aliphatic carbocycles. The zero-order valence-electron chi connectivity index (χ0n) is 9.94. The van der Waals surface area contributed by atoms with Crippen molar-refractivity contribution in [1.82, 2.24) is 9.97 Å².